The summed E-state index contributed by atoms with van der Waals surface area (Å²) in [6.07, 6.45) is 2.65. The van der Waals surface area contributed by atoms with Crippen LogP contribution < -0.4 is 5.32 Å². The Bertz CT molecular complexity index is 1230. The number of alkyl halides is 3. The van der Waals surface area contributed by atoms with Gasteiger partial charge in [-0.15, -0.1) is 0 Å². The summed E-state index contributed by atoms with van der Waals surface area (Å²) >= 11 is 11.6. The lowest BCUT2D eigenvalue weighted by atomic mass is 9.74. The van der Waals surface area contributed by atoms with Gasteiger partial charge in [-0.2, -0.15) is 13.2 Å². The Labute approximate surface area is 220 Å². The fourth-order valence-electron chi connectivity index (χ4n) is 4.47. The summed E-state index contributed by atoms with van der Waals surface area (Å²) in [6.45, 7) is 0.102. The number of hydrogen-bond donors (Lipinski definition) is 1. The molecule has 1 amide bonds. The molecule has 1 aromatic rings. The average molecular weight is 561 g/mol. The van der Waals surface area contributed by atoms with Crippen LogP contribution in [0.15, 0.2) is 64.4 Å². The van der Waals surface area contributed by atoms with Crippen LogP contribution in [0.1, 0.15) is 18.4 Å². The molecule has 1 aliphatic heterocycles. The molecule has 0 aromatic heterocycles. The molecule has 0 saturated carbocycles. The number of hydrogen-bond acceptors (Lipinski definition) is 5. The maximum absolute atomic E-state index is 14.4. The number of fused-ring (bicyclic) bond motifs is 1. The van der Waals surface area contributed by atoms with Crippen molar-refractivity contribution >= 4 is 34.8 Å². The highest BCUT2D eigenvalue weighted by molar-refractivity contribution is 6.35. The fraction of sp³-hybridized carbons (Fsp3) is 0.360. The van der Waals surface area contributed by atoms with Crippen LogP contribution in [-0.4, -0.2) is 44.8 Å². The van der Waals surface area contributed by atoms with Crippen molar-refractivity contribution in [1.29, 1.82) is 0 Å². The highest BCUT2D eigenvalue weighted by Gasteiger charge is 2.63. The number of carbonyl (C=O) groups excluding carboxylic acids is 1. The molecule has 1 N–H and O–H groups in total. The number of ether oxygens (including phenoxy) is 2. The molecule has 0 radical (unpaired) electrons. The van der Waals surface area contributed by atoms with E-state index in [1.165, 1.54) is 20.3 Å². The van der Waals surface area contributed by atoms with E-state index in [1.54, 1.807) is 18.2 Å². The van der Waals surface area contributed by atoms with Gasteiger partial charge < -0.3 is 19.6 Å². The van der Waals surface area contributed by atoms with Crippen LogP contribution in [0.25, 0.3) is 0 Å². The lowest BCUT2D eigenvalue weighted by Gasteiger charge is -2.31. The quantitative estimate of drug-likeness (QED) is 0.261. The first-order valence-corrected chi connectivity index (χ1v) is 11.9. The molecular weight excluding hydrogens is 539 g/mol. The van der Waals surface area contributed by atoms with Crippen molar-refractivity contribution in [3.8, 4) is 0 Å². The fourth-order valence-corrected chi connectivity index (χ4v) is 4.96. The average Bonchev–Trinajstić information content (AvgIpc) is 3.33. The Morgan fingerprint density at radius 2 is 1.86 bits per heavy atom. The number of halogens is 6. The topological polar surface area (TPSA) is 69.2 Å². The van der Waals surface area contributed by atoms with Crippen molar-refractivity contribution in [2.24, 2.45) is 11.1 Å². The van der Waals surface area contributed by atoms with Gasteiger partial charge >= 0.3 is 6.18 Å². The SMILES string of the molecule is COC(CNC(=O)C1=CC=C(C2=NOC(c3cc(Cl)c(F)c(Cl)c3)(C(F)(F)F)C2)C2CC=CC=C12)OC. The normalized spacial score (nSPS) is 23.1. The third kappa shape index (κ3) is 5.07. The van der Waals surface area contributed by atoms with Crippen LogP contribution in [-0.2, 0) is 24.7 Å². The van der Waals surface area contributed by atoms with E-state index in [0.29, 0.717) is 23.1 Å². The van der Waals surface area contributed by atoms with Crippen LogP contribution >= 0.6 is 23.2 Å². The van der Waals surface area contributed by atoms with Crippen molar-refractivity contribution in [3.05, 3.63) is 80.7 Å². The summed E-state index contributed by atoms with van der Waals surface area (Å²) in [5.74, 6) is -1.84. The summed E-state index contributed by atoms with van der Waals surface area (Å²) < 4.78 is 67.3. The molecule has 4 rings (SSSR count). The largest absolute Gasteiger partial charge is 0.435 e. The monoisotopic (exact) mass is 560 g/mol. The van der Waals surface area contributed by atoms with Crippen molar-refractivity contribution in [2.75, 3.05) is 20.8 Å². The number of allylic oxidation sites excluding steroid dienone is 6. The predicted octanol–water partition coefficient (Wildman–Crippen LogP) is 5.77. The third-order valence-electron chi connectivity index (χ3n) is 6.44. The molecule has 12 heteroatoms. The molecule has 0 saturated heterocycles. The predicted molar refractivity (Wildman–Crippen MR) is 130 cm³/mol. The summed E-state index contributed by atoms with van der Waals surface area (Å²) in [5.41, 5.74) is -1.85. The summed E-state index contributed by atoms with van der Waals surface area (Å²) in [6, 6.07) is 1.68. The summed E-state index contributed by atoms with van der Waals surface area (Å²) in [4.78, 5) is 18.0. The smallest absolute Gasteiger partial charge is 0.374 e. The Morgan fingerprint density at radius 1 is 1.19 bits per heavy atom. The Kier molecular flexibility index (Phi) is 7.85. The molecule has 2 aliphatic carbocycles. The van der Waals surface area contributed by atoms with E-state index < -0.39 is 51.8 Å². The van der Waals surface area contributed by atoms with Crippen LogP contribution in [0.3, 0.4) is 0 Å². The molecule has 2 unspecified atom stereocenters. The molecule has 0 bridgehead atoms. The van der Waals surface area contributed by atoms with E-state index in [0.717, 1.165) is 12.1 Å². The molecule has 3 aliphatic rings. The number of oxime groups is 1. The van der Waals surface area contributed by atoms with E-state index in [1.807, 2.05) is 6.08 Å². The first-order valence-electron chi connectivity index (χ1n) is 11.1. The van der Waals surface area contributed by atoms with Gasteiger partial charge in [-0.25, -0.2) is 4.39 Å². The zero-order valence-electron chi connectivity index (χ0n) is 19.7. The van der Waals surface area contributed by atoms with Gasteiger partial charge in [0.2, 0.25) is 0 Å². The first-order chi connectivity index (χ1) is 17.5. The highest BCUT2D eigenvalue weighted by Crippen LogP contribution is 2.51. The number of amides is 1. The lowest BCUT2D eigenvalue weighted by Crippen LogP contribution is -2.43. The van der Waals surface area contributed by atoms with Gasteiger partial charge in [0.15, 0.2) is 12.1 Å². The second-order valence-electron chi connectivity index (χ2n) is 8.54. The van der Waals surface area contributed by atoms with E-state index >= 15 is 0 Å². The minimum absolute atomic E-state index is 0.0506. The molecule has 198 valence electrons. The maximum atomic E-state index is 14.4. The standard InChI is InChI=1S/C25H22Cl2F4N2O4/c1-35-21(36-2)12-32-23(34)17-8-7-16(14-5-3-4-6-15(14)17)20-11-24(37-33-20,25(29,30)31)13-9-18(26)22(28)19(27)10-13/h3-4,6-10,14,21H,5,11-12H2,1-2H3,(H,32,34). The molecular formula is C25H22Cl2F4N2O4. The van der Waals surface area contributed by atoms with Crippen LogP contribution in [0.2, 0.25) is 10.0 Å². The summed E-state index contributed by atoms with van der Waals surface area (Å²) in [5, 5.41) is 5.42. The van der Waals surface area contributed by atoms with E-state index in [2.05, 4.69) is 10.5 Å². The molecule has 1 heterocycles. The minimum Gasteiger partial charge on any atom is -0.374 e. The van der Waals surface area contributed by atoms with Gasteiger partial charge in [-0.05, 0) is 35.8 Å². The number of nitrogens with one attached hydrogen (secondary N) is 1. The van der Waals surface area contributed by atoms with Crippen molar-refractivity contribution in [1.82, 2.24) is 5.32 Å². The Morgan fingerprint density at radius 3 is 2.49 bits per heavy atom. The van der Waals surface area contributed by atoms with E-state index in [9.17, 15) is 22.4 Å². The lowest BCUT2D eigenvalue weighted by molar-refractivity contribution is -0.275. The number of nitrogens with zero attached hydrogens (tertiary/aromatic N) is 1. The van der Waals surface area contributed by atoms with Crippen LogP contribution in [0, 0.1) is 11.7 Å². The van der Waals surface area contributed by atoms with E-state index in [4.69, 9.17) is 37.5 Å². The maximum Gasteiger partial charge on any atom is 0.435 e. The zero-order valence-corrected chi connectivity index (χ0v) is 21.2. The number of methoxy groups -OCH3 is 2. The second kappa shape index (κ2) is 10.6. The molecule has 37 heavy (non-hydrogen) atoms. The number of rotatable bonds is 7. The van der Waals surface area contributed by atoms with Gasteiger partial charge in [0.1, 0.15) is 0 Å². The van der Waals surface area contributed by atoms with Gasteiger partial charge in [0.05, 0.1) is 22.3 Å². The van der Waals surface area contributed by atoms with Crippen molar-refractivity contribution < 1.29 is 36.7 Å². The first kappa shape index (κ1) is 27.4. The van der Waals surface area contributed by atoms with Crippen LogP contribution in [0.5, 0.6) is 0 Å². The summed E-state index contributed by atoms with van der Waals surface area (Å²) in [7, 11) is 2.89. The molecule has 6 nitrogen and oxygen atoms in total. The van der Waals surface area contributed by atoms with Crippen molar-refractivity contribution in [3.63, 3.8) is 0 Å². The zero-order chi connectivity index (χ0) is 27.0. The molecule has 1 aromatic carbocycles. The molecule has 2 atom stereocenters. The second-order valence-corrected chi connectivity index (χ2v) is 9.35. The van der Waals surface area contributed by atoms with Crippen LogP contribution in [0.4, 0.5) is 17.6 Å². The van der Waals surface area contributed by atoms with Gasteiger partial charge in [0, 0.05) is 37.7 Å². The van der Waals surface area contributed by atoms with E-state index in [-0.39, 0.29) is 18.2 Å². The van der Waals surface area contributed by atoms with Crippen molar-refractivity contribution in [2.45, 2.75) is 30.9 Å². The van der Waals surface area contributed by atoms with Gasteiger partial charge in [-0.1, -0.05) is 52.7 Å². The molecule has 0 fully saturated rings. The number of benzene rings is 1. The molecule has 0 spiro atoms. The third-order valence-corrected chi connectivity index (χ3v) is 6.99. The van der Waals surface area contributed by atoms with Gasteiger partial charge in [0.25, 0.3) is 11.5 Å². The Hall–Kier alpha value is -2.66. The highest BCUT2D eigenvalue weighted by atomic mass is 35.5. The minimum atomic E-state index is -4.93. The number of carbonyl (C=O) groups is 1. The van der Waals surface area contributed by atoms with Gasteiger partial charge in [-0.3, -0.25) is 4.79 Å². The Balaban J connectivity index is 1.66.